The van der Waals surface area contributed by atoms with Crippen molar-refractivity contribution >= 4 is 17.4 Å². The second-order valence-corrected chi connectivity index (χ2v) is 7.28. The molecule has 2 N–H and O–H groups in total. The van der Waals surface area contributed by atoms with E-state index in [1.165, 1.54) is 6.07 Å². The lowest BCUT2D eigenvalue weighted by molar-refractivity contribution is 0.0995. The Morgan fingerprint density at radius 3 is 2.83 bits per heavy atom. The predicted molar refractivity (Wildman–Crippen MR) is 110 cm³/mol. The second kappa shape index (κ2) is 7.22. The number of nitrogens with two attached hydrogens (primary N) is 1. The van der Waals surface area contributed by atoms with Gasteiger partial charge in [-0.2, -0.15) is 0 Å². The number of halogens is 1. The molecular weight excluding hydrogens is 383 g/mol. The number of carbonyl (C=O) groups excluding carboxylic acids is 1. The number of fused-ring (bicyclic) bond motifs is 1. The summed E-state index contributed by atoms with van der Waals surface area (Å²) in [6.45, 7) is 0.832. The van der Waals surface area contributed by atoms with E-state index in [1.54, 1.807) is 41.0 Å². The number of amides is 1. The molecule has 0 bridgehead atoms. The summed E-state index contributed by atoms with van der Waals surface area (Å²) in [5, 5.41) is 4.80. The smallest absolute Gasteiger partial charge is 0.267 e. The van der Waals surface area contributed by atoms with Gasteiger partial charge in [-0.1, -0.05) is 18.2 Å². The van der Waals surface area contributed by atoms with Crippen molar-refractivity contribution in [3.05, 3.63) is 77.9 Å². The minimum Gasteiger partial charge on any atom is -0.364 e. The first-order valence-electron chi connectivity index (χ1n) is 9.74. The lowest BCUT2D eigenvalue weighted by Crippen LogP contribution is -2.24. The number of benzene rings is 1. The average molecular weight is 402 g/mol. The molecule has 0 radical (unpaired) electrons. The zero-order chi connectivity index (χ0) is 20.7. The number of imidazole rings is 1. The average Bonchev–Trinajstić information content (AvgIpc) is 3.40. The molecule has 1 fully saturated rings. The monoisotopic (exact) mass is 402 g/mol. The van der Waals surface area contributed by atoms with Crippen LogP contribution in [0.1, 0.15) is 34.9 Å². The van der Waals surface area contributed by atoms with Crippen molar-refractivity contribution in [2.75, 3.05) is 11.4 Å². The van der Waals surface area contributed by atoms with Crippen LogP contribution in [0.2, 0.25) is 0 Å². The summed E-state index contributed by atoms with van der Waals surface area (Å²) < 4.78 is 15.5. The lowest BCUT2D eigenvalue weighted by atomic mass is 10.0. The van der Waals surface area contributed by atoms with E-state index >= 15 is 0 Å². The molecule has 0 unspecified atom stereocenters. The van der Waals surface area contributed by atoms with Gasteiger partial charge >= 0.3 is 0 Å². The van der Waals surface area contributed by atoms with Crippen LogP contribution in [-0.2, 0) is 0 Å². The van der Waals surface area contributed by atoms with E-state index in [1.807, 2.05) is 18.2 Å². The lowest BCUT2D eigenvalue weighted by Gasteiger charge is -2.26. The van der Waals surface area contributed by atoms with Gasteiger partial charge in [-0.3, -0.25) is 4.79 Å². The van der Waals surface area contributed by atoms with Gasteiger partial charge < -0.3 is 10.6 Å². The van der Waals surface area contributed by atoms with Gasteiger partial charge in [0.25, 0.3) is 5.91 Å². The second-order valence-electron chi connectivity index (χ2n) is 7.28. The highest BCUT2D eigenvalue weighted by molar-refractivity contribution is 5.91. The number of nitrogens with zero attached hydrogens (tertiary/aromatic N) is 5. The maximum absolute atomic E-state index is 13.8. The highest BCUT2D eigenvalue weighted by atomic mass is 19.1. The fourth-order valence-corrected chi connectivity index (χ4v) is 4.01. The first-order valence-corrected chi connectivity index (χ1v) is 9.74. The zero-order valence-corrected chi connectivity index (χ0v) is 16.1. The van der Waals surface area contributed by atoms with E-state index in [-0.39, 0.29) is 17.6 Å². The molecule has 1 aliphatic heterocycles. The van der Waals surface area contributed by atoms with Crippen LogP contribution in [-0.4, -0.2) is 32.0 Å². The van der Waals surface area contributed by atoms with E-state index in [0.29, 0.717) is 17.0 Å². The fourth-order valence-electron chi connectivity index (χ4n) is 4.01. The van der Waals surface area contributed by atoms with Crippen LogP contribution in [0.15, 0.2) is 60.8 Å². The Morgan fingerprint density at radius 2 is 2.00 bits per heavy atom. The molecule has 1 aromatic carbocycles. The number of rotatable bonds is 4. The van der Waals surface area contributed by atoms with Gasteiger partial charge in [0.15, 0.2) is 5.65 Å². The van der Waals surface area contributed by atoms with E-state index < -0.39 is 5.91 Å². The van der Waals surface area contributed by atoms with Gasteiger partial charge in [-0.05, 0) is 54.8 Å². The molecule has 4 heterocycles. The molecule has 150 valence electrons. The quantitative estimate of drug-likeness (QED) is 0.565. The third-order valence-corrected chi connectivity index (χ3v) is 5.39. The Labute approximate surface area is 172 Å². The van der Waals surface area contributed by atoms with Crippen LogP contribution in [0.5, 0.6) is 0 Å². The first kappa shape index (κ1) is 18.2. The van der Waals surface area contributed by atoms with Crippen molar-refractivity contribution in [1.82, 2.24) is 19.6 Å². The van der Waals surface area contributed by atoms with Gasteiger partial charge in [-0.15, -0.1) is 5.10 Å². The van der Waals surface area contributed by atoms with Crippen LogP contribution in [0.25, 0.3) is 17.0 Å². The van der Waals surface area contributed by atoms with Crippen LogP contribution in [0.4, 0.5) is 10.2 Å². The Morgan fingerprint density at radius 1 is 1.13 bits per heavy atom. The molecule has 1 amide bonds. The number of carbonyl (C=O) groups is 1. The molecule has 1 aliphatic rings. The number of aromatic nitrogens is 4. The van der Waals surface area contributed by atoms with E-state index in [9.17, 15) is 9.18 Å². The van der Waals surface area contributed by atoms with E-state index in [4.69, 9.17) is 10.8 Å². The van der Waals surface area contributed by atoms with Gasteiger partial charge in [-0.25, -0.2) is 18.9 Å². The van der Waals surface area contributed by atoms with E-state index in [0.717, 1.165) is 30.8 Å². The number of hydrogen-bond donors (Lipinski definition) is 1. The number of hydrogen-bond acceptors (Lipinski definition) is 5. The van der Waals surface area contributed by atoms with Crippen LogP contribution < -0.4 is 10.6 Å². The van der Waals surface area contributed by atoms with Crippen molar-refractivity contribution in [2.24, 2.45) is 5.73 Å². The Bertz CT molecular complexity index is 1250. The van der Waals surface area contributed by atoms with Crippen molar-refractivity contribution in [3.8, 4) is 11.4 Å². The summed E-state index contributed by atoms with van der Waals surface area (Å²) in [6.07, 6.45) is 3.61. The van der Waals surface area contributed by atoms with Gasteiger partial charge in [0.05, 0.1) is 17.9 Å². The molecule has 1 saturated heterocycles. The predicted octanol–water partition coefficient (Wildman–Crippen LogP) is 3.37. The molecule has 8 heteroatoms. The summed E-state index contributed by atoms with van der Waals surface area (Å²) in [6, 6.07) is 15.7. The highest BCUT2D eigenvalue weighted by Gasteiger charge is 2.28. The molecule has 3 aromatic heterocycles. The Kier molecular flexibility index (Phi) is 4.39. The third kappa shape index (κ3) is 3.16. The molecule has 30 heavy (non-hydrogen) atoms. The minimum atomic E-state index is -0.589. The summed E-state index contributed by atoms with van der Waals surface area (Å²) >= 11 is 0. The van der Waals surface area contributed by atoms with Crippen LogP contribution in [0, 0.1) is 5.82 Å². The number of primary amides is 1. The third-order valence-electron chi connectivity index (χ3n) is 5.39. The molecule has 0 saturated carbocycles. The standard InChI is InChI=1S/C22H19FN6O/c23-15-5-1-4-14(12-15)18-8-3-11-28(18)21-10-9-20-25-13-19(29(20)27-21)16-6-2-7-17(26-16)22(24)30/h1-2,4-7,9-10,12-13,18H,3,8,11H2,(H2,24,30)/t18-/m0/s1. The van der Waals surface area contributed by atoms with Crippen molar-refractivity contribution in [2.45, 2.75) is 18.9 Å². The van der Waals surface area contributed by atoms with Crippen LogP contribution in [0.3, 0.4) is 0 Å². The maximum Gasteiger partial charge on any atom is 0.267 e. The summed E-state index contributed by atoms with van der Waals surface area (Å²) in [4.78, 5) is 22.4. The van der Waals surface area contributed by atoms with Crippen molar-refractivity contribution in [1.29, 1.82) is 0 Å². The Hall–Kier alpha value is -3.81. The largest absolute Gasteiger partial charge is 0.364 e. The molecule has 7 nitrogen and oxygen atoms in total. The van der Waals surface area contributed by atoms with Crippen LogP contribution >= 0.6 is 0 Å². The first-order chi connectivity index (χ1) is 14.6. The maximum atomic E-state index is 13.8. The Balaban J connectivity index is 1.56. The highest BCUT2D eigenvalue weighted by Crippen LogP contribution is 2.35. The molecule has 0 aliphatic carbocycles. The van der Waals surface area contributed by atoms with Gasteiger partial charge in [0.2, 0.25) is 0 Å². The molecule has 1 atom stereocenters. The summed E-state index contributed by atoms with van der Waals surface area (Å²) in [5.41, 5.74) is 8.38. The number of anilines is 1. The fraction of sp³-hybridized carbons (Fsp3) is 0.182. The summed E-state index contributed by atoms with van der Waals surface area (Å²) in [5.74, 6) is -0.0473. The SMILES string of the molecule is NC(=O)c1cccc(-c2cnc3ccc(N4CCC[C@H]4c4cccc(F)c4)nn23)n1. The van der Waals surface area contributed by atoms with Gasteiger partial charge in [0, 0.05) is 6.54 Å². The molecule has 4 aromatic rings. The zero-order valence-electron chi connectivity index (χ0n) is 16.1. The topological polar surface area (TPSA) is 89.4 Å². The normalized spacial score (nSPS) is 16.3. The molecular formula is C22H19FN6O. The van der Waals surface area contributed by atoms with Crippen molar-refractivity contribution < 1.29 is 9.18 Å². The minimum absolute atomic E-state index is 0.0638. The van der Waals surface area contributed by atoms with Gasteiger partial charge in [0.1, 0.15) is 23.0 Å². The summed E-state index contributed by atoms with van der Waals surface area (Å²) in [7, 11) is 0. The molecule has 5 rings (SSSR count). The molecule has 0 spiro atoms. The van der Waals surface area contributed by atoms with E-state index in [2.05, 4.69) is 14.9 Å². The van der Waals surface area contributed by atoms with Crippen molar-refractivity contribution in [3.63, 3.8) is 0 Å². The number of pyridine rings is 1.